The minimum absolute atomic E-state index is 0.254. The van der Waals surface area contributed by atoms with Crippen molar-refractivity contribution in [2.75, 3.05) is 5.32 Å². The first-order valence-corrected chi connectivity index (χ1v) is 4.23. The molecule has 0 saturated carbocycles. The van der Waals surface area contributed by atoms with Gasteiger partial charge < -0.3 is 5.32 Å². The van der Waals surface area contributed by atoms with Crippen LogP contribution in [0, 0.1) is 12.7 Å². The first kappa shape index (κ1) is 10.4. The third-order valence-corrected chi connectivity index (χ3v) is 1.80. The van der Waals surface area contributed by atoms with Crippen LogP contribution in [0.5, 0.6) is 0 Å². The van der Waals surface area contributed by atoms with Crippen molar-refractivity contribution in [1.82, 2.24) is 0 Å². The molecule has 0 bridgehead atoms. The highest BCUT2D eigenvalue weighted by atomic mass is 19.1. The summed E-state index contributed by atoms with van der Waals surface area (Å²) in [4.78, 5) is 11.2. The predicted octanol–water partition coefficient (Wildman–Crippen LogP) is 2.65. The zero-order valence-electron chi connectivity index (χ0n) is 8.23. The predicted molar refractivity (Wildman–Crippen MR) is 54.6 cm³/mol. The van der Waals surface area contributed by atoms with Crippen LogP contribution in [0.2, 0.25) is 0 Å². The van der Waals surface area contributed by atoms with Gasteiger partial charge in [-0.25, -0.2) is 4.39 Å². The van der Waals surface area contributed by atoms with Crippen molar-refractivity contribution in [1.29, 1.82) is 0 Å². The van der Waals surface area contributed by atoms with E-state index < -0.39 is 0 Å². The van der Waals surface area contributed by atoms with Crippen molar-refractivity contribution >= 4 is 11.6 Å². The lowest BCUT2D eigenvalue weighted by molar-refractivity contribution is -0.112. The van der Waals surface area contributed by atoms with Gasteiger partial charge >= 0.3 is 0 Å². The standard InChI is InChI=1S/C11H12FNO/c1-7(2)11(14)13-9-4-5-10(12)8(3)6-9/h4-6H,1H2,2-3H3,(H,13,14). The first-order chi connectivity index (χ1) is 6.50. The van der Waals surface area contributed by atoms with Gasteiger partial charge in [0.15, 0.2) is 0 Å². The number of benzene rings is 1. The smallest absolute Gasteiger partial charge is 0.250 e. The van der Waals surface area contributed by atoms with Gasteiger partial charge in [0.2, 0.25) is 0 Å². The Labute approximate surface area is 82.4 Å². The molecule has 0 aromatic heterocycles. The van der Waals surface area contributed by atoms with Crippen LogP contribution in [-0.2, 0) is 4.79 Å². The van der Waals surface area contributed by atoms with E-state index in [0.29, 0.717) is 16.8 Å². The van der Waals surface area contributed by atoms with Crippen molar-refractivity contribution < 1.29 is 9.18 Å². The van der Waals surface area contributed by atoms with Crippen LogP contribution in [0.25, 0.3) is 0 Å². The topological polar surface area (TPSA) is 29.1 Å². The molecule has 3 heteroatoms. The summed E-state index contributed by atoms with van der Waals surface area (Å²) >= 11 is 0. The fourth-order valence-corrected chi connectivity index (χ4v) is 0.960. The normalized spacial score (nSPS) is 9.64. The third kappa shape index (κ3) is 2.42. The maximum absolute atomic E-state index is 12.9. The Hall–Kier alpha value is -1.64. The fraction of sp³-hybridized carbons (Fsp3) is 0.182. The second-order valence-corrected chi connectivity index (χ2v) is 3.20. The largest absolute Gasteiger partial charge is 0.322 e. The van der Waals surface area contributed by atoms with E-state index in [1.54, 1.807) is 19.9 Å². The molecule has 14 heavy (non-hydrogen) atoms. The van der Waals surface area contributed by atoms with Crippen LogP contribution in [0.4, 0.5) is 10.1 Å². The molecule has 0 aliphatic rings. The van der Waals surface area contributed by atoms with Crippen molar-refractivity contribution in [2.24, 2.45) is 0 Å². The Bertz CT molecular complexity index is 385. The molecule has 74 valence electrons. The molecular weight excluding hydrogens is 181 g/mol. The molecular formula is C11H12FNO. The van der Waals surface area contributed by atoms with Crippen molar-refractivity contribution in [3.05, 3.63) is 41.7 Å². The average molecular weight is 193 g/mol. The monoisotopic (exact) mass is 193 g/mol. The number of halogens is 1. The van der Waals surface area contributed by atoms with E-state index >= 15 is 0 Å². The van der Waals surface area contributed by atoms with Crippen molar-refractivity contribution in [2.45, 2.75) is 13.8 Å². The van der Waals surface area contributed by atoms with Crippen molar-refractivity contribution in [3.63, 3.8) is 0 Å². The van der Waals surface area contributed by atoms with Crippen LogP contribution in [0.3, 0.4) is 0 Å². The van der Waals surface area contributed by atoms with Crippen LogP contribution >= 0.6 is 0 Å². The highest BCUT2D eigenvalue weighted by Gasteiger charge is 2.03. The van der Waals surface area contributed by atoms with Crippen LogP contribution < -0.4 is 5.32 Å². The second kappa shape index (κ2) is 4.05. The maximum Gasteiger partial charge on any atom is 0.250 e. The molecule has 0 aliphatic carbocycles. The lowest BCUT2D eigenvalue weighted by Gasteiger charge is -2.05. The van der Waals surface area contributed by atoms with Gasteiger partial charge in [0.1, 0.15) is 5.82 Å². The van der Waals surface area contributed by atoms with Gasteiger partial charge in [-0.3, -0.25) is 4.79 Å². The minimum Gasteiger partial charge on any atom is -0.322 e. The van der Waals surface area contributed by atoms with Crippen LogP contribution in [0.1, 0.15) is 12.5 Å². The molecule has 0 unspecified atom stereocenters. The molecule has 1 aromatic rings. The van der Waals surface area contributed by atoms with Crippen LogP contribution in [0.15, 0.2) is 30.4 Å². The molecule has 0 fully saturated rings. The summed E-state index contributed by atoms with van der Waals surface area (Å²) in [5.41, 5.74) is 1.51. The van der Waals surface area contributed by atoms with Gasteiger partial charge in [0.05, 0.1) is 0 Å². The van der Waals surface area contributed by atoms with Crippen LogP contribution in [-0.4, -0.2) is 5.91 Å². The third-order valence-electron chi connectivity index (χ3n) is 1.80. The molecule has 1 rings (SSSR count). The molecule has 0 radical (unpaired) electrons. The summed E-state index contributed by atoms with van der Waals surface area (Å²) in [7, 11) is 0. The van der Waals surface area contributed by atoms with Crippen molar-refractivity contribution in [3.8, 4) is 0 Å². The molecule has 1 amide bonds. The number of carbonyl (C=O) groups is 1. The molecule has 0 heterocycles. The number of nitrogens with one attached hydrogen (secondary N) is 1. The Morgan fingerprint density at radius 2 is 2.14 bits per heavy atom. The Morgan fingerprint density at radius 3 is 2.64 bits per heavy atom. The van der Waals surface area contributed by atoms with E-state index in [2.05, 4.69) is 11.9 Å². The lowest BCUT2D eigenvalue weighted by Crippen LogP contribution is -2.11. The van der Waals surface area contributed by atoms with Gasteiger partial charge in [0.25, 0.3) is 5.91 Å². The summed E-state index contributed by atoms with van der Waals surface area (Å²) in [5, 5.41) is 2.60. The maximum atomic E-state index is 12.9. The summed E-state index contributed by atoms with van der Waals surface area (Å²) in [5.74, 6) is -0.533. The highest BCUT2D eigenvalue weighted by molar-refractivity contribution is 6.02. The summed E-state index contributed by atoms with van der Waals surface area (Å²) in [6, 6.07) is 4.42. The molecule has 0 spiro atoms. The Kier molecular flexibility index (Phi) is 3.02. The molecule has 2 nitrogen and oxygen atoms in total. The highest BCUT2D eigenvalue weighted by Crippen LogP contribution is 2.13. The lowest BCUT2D eigenvalue weighted by atomic mass is 10.2. The molecule has 0 atom stereocenters. The fourth-order valence-electron chi connectivity index (χ4n) is 0.960. The van der Waals surface area contributed by atoms with E-state index in [0.717, 1.165) is 0 Å². The molecule has 1 aromatic carbocycles. The average Bonchev–Trinajstić information content (AvgIpc) is 2.11. The number of anilines is 1. The van der Waals surface area contributed by atoms with Gasteiger partial charge in [-0.05, 0) is 37.6 Å². The molecule has 0 saturated heterocycles. The Morgan fingerprint density at radius 1 is 1.50 bits per heavy atom. The van der Waals surface area contributed by atoms with E-state index in [-0.39, 0.29) is 11.7 Å². The van der Waals surface area contributed by atoms with E-state index in [1.807, 2.05) is 0 Å². The number of hydrogen-bond donors (Lipinski definition) is 1. The van der Waals surface area contributed by atoms with Gasteiger partial charge in [-0.2, -0.15) is 0 Å². The van der Waals surface area contributed by atoms with Gasteiger partial charge in [-0.15, -0.1) is 0 Å². The second-order valence-electron chi connectivity index (χ2n) is 3.20. The first-order valence-electron chi connectivity index (χ1n) is 4.23. The number of hydrogen-bond acceptors (Lipinski definition) is 1. The molecule has 1 N–H and O–H groups in total. The summed E-state index contributed by atoms with van der Waals surface area (Å²) in [6.07, 6.45) is 0. The van der Waals surface area contributed by atoms with Gasteiger partial charge in [-0.1, -0.05) is 6.58 Å². The SMILES string of the molecule is C=C(C)C(=O)Nc1ccc(F)c(C)c1. The number of aryl methyl sites for hydroxylation is 1. The van der Waals surface area contributed by atoms with E-state index in [4.69, 9.17) is 0 Å². The van der Waals surface area contributed by atoms with E-state index in [9.17, 15) is 9.18 Å². The zero-order valence-corrected chi connectivity index (χ0v) is 8.23. The quantitative estimate of drug-likeness (QED) is 0.719. The number of rotatable bonds is 2. The zero-order chi connectivity index (χ0) is 10.7. The Balaban J connectivity index is 2.83. The number of amides is 1. The van der Waals surface area contributed by atoms with E-state index in [1.165, 1.54) is 12.1 Å². The molecule has 0 aliphatic heterocycles. The summed E-state index contributed by atoms with van der Waals surface area (Å²) in [6.45, 7) is 6.77. The minimum atomic E-state index is -0.279. The van der Waals surface area contributed by atoms with Gasteiger partial charge in [0, 0.05) is 11.3 Å². The summed E-state index contributed by atoms with van der Waals surface area (Å²) < 4.78 is 12.9. The number of carbonyl (C=O) groups excluding carboxylic acids is 1.